The lowest BCUT2D eigenvalue weighted by atomic mass is 10.2. The Hall–Kier alpha value is -1.05. The minimum Gasteiger partial charge on any atom is -0.419 e. The van der Waals surface area contributed by atoms with E-state index in [1.165, 1.54) is 20.0 Å². The minimum atomic E-state index is -1.26. The lowest BCUT2D eigenvalue weighted by Crippen LogP contribution is -2.42. The van der Waals surface area contributed by atoms with Crippen molar-refractivity contribution in [3.8, 4) is 0 Å². The predicted molar refractivity (Wildman–Crippen MR) is 89.6 cm³/mol. The van der Waals surface area contributed by atoms with E-state index < -0.39 is 17.7 Å². The Labute approximate surface area is 149 Å². The van der Waals surface area contributed by atoms with Crippen LogP contribution in [0.2, 0.25) is 5.02 Å². The molecule has 1 aromatic rings. The summed E-state index contributed by atoms with van der Waals surface area (Å²) in [4.78, 5) is 23.7. The van der Waals surface area contributed by atoms with E-state index in [1.54, 1.807) is 0 Å². The zero-order chi connectivity index (χ0) is 16.7. The number of cyclic esters (lactones) is 2. The number of halogens is 3. The smallest absolute Gasteiger partial charge is 0.350 e. The van der Waals surface area contributed by atoms with Gasteiger partial charge in [0.1, 0.15) is 0 Å². The summed E-state index contributed by atoms with van der Waals surface area (Å²) in [5.41, 5.74) is 1.27. The van der Waals surface area contributed by atoms with Gasteiger partial charge in [-0.15, -0.1) is 0 Å². The highest BCUT2D eigenvalue weighted by Gasteiger charge is 2.39. The van der Waals surface area contributed by atoms with Gasteiger partial charge in [0.2, 0.25) is 0 Å². The van der Waals surface area contributed by atoms with Crippen molar-refractivity contribution in [1.29, 1.82) is 0 Å². The van der Waals surface area contributed by atoms with E-state index in [9.17, 15) is 9.59 Å². The summed E-state index contributed by atoms with van der Waals surface area (Å²) in [5, 5.41) is 3.36. The Morgan fingerprint density at radius 2 is 1.77 bits per heavy atom. The number of carbonyl (C=O) groups excluding carboxylic acids is 2. The summed E-state index contributed by atoms with van der Waals surface area (Å²) < 4.78 is 11.4. The number of nitrogens with one attached hydrogen (secondary N) is 1. The molecule has 0 bridgehead atoms. The van der Waals surface area contributed by atoms with E-state index in [0.29, 0.717) is 15.2 Å². The largest absolute Gasteiger partial charge is 0.419 e. The number of aryl methyl sites for hydroxylation is 1. The first-order valence-corrected chi connectivity index (χ1v) is 8.16. The molecule has 2 rings (SSSR count). The normalized spacial score (nSPS) is 16.9. The van der Waals surface area contributed by atoms with Gasteiger partial charge in [-0.05, 0) is 50.4 Å². The van der Waals surface area contributed by atoms with Gasteiger partial charge in [0, 0.05) is 24.5 Å². The molecule has 8 heteroatoms. The zero-order valence-electron chi connectivity index (χ0n) is 11.9. The van der Waals surface area contributed by atoms with Gasteiger partial charge in [-0.25, -0.2) is 9.59 Å². The summed E-state index contributed by atoms with van der Waals surface area (Å²) in [6.45, 7) is 4.83. The van der Waals surface area contributed by atoms with Crippen molar-refractivity contribution in [2.75, 3.05) is 5.32 Å². The van der Waals surface area contributed by atoms with Gasteiger partial charge in [-0.2, -0.15) is 0 Å². The van der Waals surface area contributed by atoms with E-state index in [1.807, 2.05) is 13.0 Å². The maximum Gasteiger partial charge on any atom is 0.350 e. The molecule has 5 nitrogen and oxygen atoms in total. The number of benzene rings is 1. The number of ether oxygens (including phenoxy) is 2. The molecule has 1 heterocycles. The lowest BCUT2D eigenvalue weighted by Gasteiger charge is -2.29. The number of hydrogen-bond donors (Lipinski definition) is 1. The van der Waals surface area contributed by atoms with Crippen LogP contribution in [0.3, 0.4) is 0 Å². The molecule has 0 unspecified atom stereocenters. The fourth-order valence-electron chi connectivity index (χ4n) is 1.81. The standard InChI is InChI=1S/C14H12Br2ClNO4/c1-6-4-8(15)10(17)9(16)11(6)18-5-7-12(19)21-14(2,3)22-13(7)20/h4-5,18H,1-3H3. The number of esters is 2. The molecule has 1 aliphatic rings. The maximum atomic E-state index is 11.9. The van der Waals surface area contributed by atoms with Crippen molar-refractivity contribution in [3.05, 3.63) is 37.4 Å². The van der Waals surface area contributed by atoms with Crippen LogP contribution < -0.4 is 5.32 Å². The van der Waals surface area contributed by atoms with Crippen molar-refractivity contribution in [2.24, 2.45) is 0 Å². The minimum absolute atomic E-state index is 0.218. The lowest BCUT2D eigenvalue weighted by molar-refractivity contribution is -0.222. The molecule has 1 aliphatic heterocycles. The van der Waals surface area contributed by atoms with Gasteiger partial charge in [-0.1, -0.05) is 11.6 Å². The van der Waals surface area contributed by atoms with Gasteiger partial charge in [0.15, 0.2) is 5.57 Å². The Kier molecular flexibility index (Phi) is 4.89. The van der Waals surface area contributed by atoms with E-state index in [0.717, 1.165) is 10.0 Å². The fraction of sp³-hybridized carbons (Fsp3) is 0.286. The number of hydrogen-bond acceptors (Lipinski definition) is 5. The van der Waals surface area contributed by atoms with E-state index in [-0.39, 0.29) is 5.57 Å². The molecule has 1 fully saturated rings. The summed E-state index contributed by atoms with van der Waals surface area (Å²) in [5.74, 6) is -2.75. The Morgan fingerprint density at radius 3 is 2.32 bits per heavy atom. The molecule has 1 N–H and O–H groups in total. The van der Waals surface area contributed by atoms with Crippen molar-refractivity contribution in [2.45, 2.75) is 26.6 Å². The number of carbonyl (C=O) groups is 2. The van der Waals surface area contributed by atoms with Crippen LogP contribution in [0.4, 0.5) is 5.69 Å². The molecule has 0 aliphatic carbocycles. The van der Waals surface area contributed by atoms with Crippen LogP contribution in [0.15, 0.2) is 26.8 Å². The topological polar surface area (TPSA) is 64.6 Å². The molecule has 1 saturated heterocycles. The van der Waals surface area contributed by atoms with Crippen LogP contribution in [0.1, 0.15) is 19.4 Å². The van der Waals surface area contributed by atoms with Crippen LogP contribution in [0.5, 0.6) is 0 Å². The van der Waals surface area contributed by atoms with Crippen molar-refractivity contribution < 1.29 is 19.1 Å². The summed E-state index contributed by atoms with van der Waals surface area (Å²) >= 11 is 12.8. The second-order valence-electron chi connectivity index (χ2n) is 5.06. The average molecular weight is 454 g/mol. The Morgan fingerprint density at radius 1 is 1.23 bits per heavy atom. The highest BCUT2D eigenvalue weighted by molar-refractivity contribution is 9.11. The van der Waals surface area contributed by atoms with Crippen LogP contribution in [0.25, 0.3) is 0 Å². The molecular weight excluding hydrogens is 441 g/mol. The zero-order valence-corrected chi connectivity index (χ0v) is 15.8. The molecule has 0 spiro atoms. The number of rotatable bonds is 2. The third kappa shape index (κ3) is 3.47. The van der Waals surface area contributed by atoms with E-state index >= 15 is 0 Å². The quantitative estimate of drug-likeness (QED) is 0.313. The molecule has 0 radical (unpaired) electrons. The first-order chi connectivity index (χ1) is 10.1. The summed E-state index contributed by atoms with van der Waals surface area (Å²) in [6.07, 6.45) is 1.25. The summed E-state index contributed by atoms with van der Waals surface area (Å²) in [6, 6.07) is 1.81. The van der Waals surface area contributed by atoms with Gasteiger partial charge >= 0.3 is 11.9 Å². The van der Waals surface area contributed by atoms with Crippen LogP contribution >= 0.6 is 43.5 Å². The van der Waals surface area contributed by atoms with Gasteiger partial charge in [0.25, 0.3) is 5.79 Å². The highest BCUT2D eigenvalue weighted by atomic mass is 79.9. The number of anilines is 1. The van der Waals surface area contributed by atoms with Crippen molar-refractivity contribution in [1.82, 2.24) is 0 Å². The molecule has 0 saturated carbocycles. The first kappa shape index (κ1) is 17.3. The van der Waals surface area contributed by atoms with Gasteiger partial charge < -0.3 is 14.8 Å². The summed E-state index contributed by atoms with van der Waals surface area (Å²) in [7, 11) is 0. The van der Waals surface area contributed by atoms with E-state index in [4.69, 9.17) is 21.1 Å². The third-order valence-corrected chi connectivity index (χ3v) is 5.10. The Balaban J connectivity index is 2.32. The monoisotopic (exact) mass is 451 g/mol. The molecule has 118 valence electrons. The van der Waals surface area contributed by atoms with Crippen molar-refractivity contribution >= 4 is 61.1 Å². The maximum absolute atomic E-state index is 11.9. The van der Waals surface area contributed by atoms with Crippen molar-refractivity contribution in [3.63, 3.8) is 0 Å². The third-order valence-electron chi connectivity index (χ3n) is 2.84. The van der Waals surface area contributed by atoms with Crippen LogP contribution in [-0.2, 0) is 19.1 Å². The Bertz CT molecular complexity index is 679. The molecule has 1 aromatic carbocycles. The van der Waals surface area contributed by atoms with Gasteiger partial charge in [-0.3, -0.25) is 0 Å². The average Bonchev–Trinajstić information content (AvgIpc) is 2.37. The molecule has 0 amide bonds. The molecule has 0 aromatic heterocycles. The van der Waals surface area contributed by atoms with E-state index in [2.05, 4.69) is 37.2 Å². The highest BCUT2D eigenvalue weighted by Crippen LogP contribution is 2.39. The van der Waals surface area contributed by atoms with Crippen LogP contribution in [-0.4, -0.2) is 17.7 Å². The molecular formula is C14H12Br2ClNO4. The van der Waals surface area contributed by atoms with Gasteiger partial charge in [0.05, 0.1) is 15.2 Å². The molecule has 22 heavy (non-hydrogen) atoms. The predicted octanol–water partition coefficient (Wildman–Crippen LogP) is 4.31. The first-order valence-electron chi connectivity index (χ1n) is 6.20. The molecule has 0 atom stereocenters. The second-order valence-corrected chi connectivity index (χ2v) is 7.08. The van der Waals surface area contributed by atoms with Crippen LogP contribution in [0, 0.1) is 6.92 Å². The fourth-order valence-corrected chi connectivity index (χ4v) is 3.41. The SMILES string of the molecule is Cc1cc(Br)c(Cl)c(Br)c1NC=C1C(=O)OC(C)(C)OC1=O. The second kappa shape index (κ2) is 6.22.